The predicted molar refractivity (Wildman–Crippen MR) is 94.3 cm³/mol. The summed E-state index contributed by atoms with van der Waals surface area (Å²) in [6.07, 6.45) is 6.47. The topological polar surface area (TPSA) is 46.2 Å². The Kier molecular flexibility index (Phi) is 6.99. The molecule has 0 unspecified atom stereocenters. The largest absolute Gasteiger partial charge is 0.506 e. The molecule has 0 amide bonds. The van der Waals surface area contributed by atoms with Crippen LogP contribution in [0.5, 0.6) is 5.75 Å². The van der Waals surface area contributed by atoms with E-state index in [1.807, 2.05) is 12.1 Å². The van der Waals surface area contributed by atoms with E-state index in [0.29, 0.717) is 11.7 Å². The lowest BCUT2D eigenvalue weighted by molar-refractivity contribution is 0.308. The van der Waals surface area contributed by atoms with Crippen molar-refractivity contribution in [2.75, 3.05) is 0 Å². The number of halogens is 3. The van der Waals surface area contributed by atoms with Crippen LogP contribution in [-0.2, 0) is 0 Å². The molecule has 0 aliphatic heterocycles. The fourth-order valence-electron chi connectivity index (χ4n) is 2.54. The predicted octanol–water partition coefficient (Wildman–Crippen LogP) is 4.60. The normalized spacial score (nSPS) is 18.2. The van der Waals surface area contributed by atoms with Gasteiger partial charge in [-0.25, -0.2) is 0 Å². The molecule has 1 saturated carbocycles. The van der Waals surface area contributed by atoms with E-state index >= 15 is 0 Å². The molecule has 3 N–H and O–H groups in total. The van der Waals surface area contributed by atoms with Crippen LogP contribution in [0.4, 0.5) is 0 Å². The van der Waals surface area contributed by atoms with Gasteiger partial charge in [0, 0.05) is 6.04 Å². The maximum atomic E-state index is 9.77. The lowest BCUT2D eigenvalue weighted by Gasteiger charge is -2.28. The molecule has 1 aromatic carbocycles. The summed E-state index contributed by atoms with van der Waals surface area (Å²) >= 11 is 4.34. The Morgan fingerprint density at radius 3 is 2.11 bits per heavy atom. The van der Waals surface area contributed by atoms with Crippen molar-refractivity contribution >= 4 is 57.6 Å². The van der Waals surface area contributed by atoms with Crippen molar-refractivity contribution in [1.82, 2.24) is 0 Å². The fourth-order valence-corrected chi connectivity index (χ4v) is 4.36. The van der Waals surface area contributed by atoms with E-state index in [1.54, 1.807) is 0 Å². The molecule has 5 heteroatoms. The maximum absolute atomic E-state index is 9.77. The molecule has 1 fully saturated rings. The first-order valence-electron chi connectivity index (χ1n) is 6.03. The van der Waals surface area contributed by atoms with E-state index in [1.165, 1.54) is 37.7 Å². The van der Waals surface area contributed by atoms with Crippen LogP contribution in [0.15, 0.2) is 12.1 Å². The highest BCUT2D eigenvalue weighted by atomic mass is 127. The van der Waals surface area contributed by atoms with E-state index in [2.05, 4.69) is 45.2 Å². The zero-order valence-corrected chi connectivity index (χ0v) is 15.2. The van der Waals surface area contributed by atoms with Crippen molar-refractivity contribution in [3.63, 3.8) is 0 Å². The Bertz CT molecular complexity index is 385. The average Bonchev–Trinajstić information content (AvgIpc) is 2.35. The first-order chi connectivity index (χ1) is 8.09. The highest BCUT2D eigenvalue weighted by Crippen LogP contribution is 2.36. The maximum Gasteiger partial charge on any atom is 0.142 e. The first kappa shape index (κ1) is 16.8. The van der Waals surface area contributed by atoms with Crippen LogP contribution in [-0.4, -0.2) is 5.11 Å². The number of hydrogen-bond acceptors (Lipinski definition) is 2. The zero-order valence-electron chi connectivity index (χ0n) is 10.0. The molecule has 102 valence electrons. The minimum absolute atomic E-state index is 0. The van der Waals surface area contributed by atoms with Gasteiger partial charge in [-0.1, -0.05) is 19.3 Å². The van der Waals surface area contributed by atoms with Gasteiger partial charge < -0.3 is 10.8 Å². The monoisotopic (exact) mass is 493 g/mol. The number of hydrogen-bond donors (Lipinski definition) is 2. The van der Waals surface area contributed by atoms with Gasteiger partial charge in [0.25, 0.3) is 0 Å². The highest BCUT2D eigenvalue weighted by Gasteiger charge is 2.22. The van der Waals surface area contributed by atoms with Gasteiger partial charge in [0.05, 0.1) is 7.14 Å². The minimum atomic E-state index is 0. The van der Waals surface area contributed by atoms with E-state index < -0.39 is 0 Å². The van der Waals surface area contributed by atoms with Crippen LogP contribution in [0.3, 0.4) is 0 Å². The summed E-state index contributed by atoms with van der Waals surface area (Å²) in [7, 11) is 0. The van der Waals surface area contributed by atoms with Crippen LogP contribution >= 0.6 is 57.6 Å². The minimum Gasteiger partial charge on any atom is -0.506 e. The number of phenols is 1. The SMILES string of the molecule is Cl.N[C@H](c1cc(I)c(O)c(I)c1)C1CCCCC1. The van der Waals surface area contributed by atoms with Crippen molar-refractivity contribution in [3.8, 4) is 5.75 Å². The Balaban J connectivity index is 0.00000162. The number of nitrogens with two attached hydrogens (primary N) is 1. The molecule has 0 radical (unpaired) electrons. The van der Waals surface area contributed by atoms with Crippen molar-refractivity contribution in [3.05, 3.63) is 24.8 Å². The van der Waals surface area contributed by atoms with Crippen LogP contribution < -0.4 is 5.73 Å². The summed E-state index contributed by atoms with van der Waals surface area (Å²) in [5.74, 6) is 0.991. The summed E-state index contributed by atoms with van der Waals surface area (Å²) in [6.45, 7) is 0. The Hall–Kier alpha value is 0.730. The molecule has 1 aliphatic carbocycles. The van der Waals surface area contributed by atoms with Gasteiger partial charge in [-0.3, -0.25) is 0 Å². The molecule has 1 atom stereocenters. The zero-order chi connectivity index (χ0) is 12.4. The van der Waals surface area contributed by atoms with Gasteiger partial charge in [-0.2, -0.15) is 0 Å². The molecule has 2 rings (SSSR count). The Morgan fingerprint density at radius 2 is 1.61 bits per heavy atom. The lowest BCUT2D eigenvalue weighted by atomic mass is 9.81. The second kappa shape index (κ2) is 7.50. The fraction of sp³-hybridized carbons (Fsp3) is 0.538. The van der Waals surface area contributed by atoms with E-state index in [9.17, 15) is 5.11 Å². The standard InChI is InChI=1S/C13H17I2NO.ClH/c14-10-6-9(7-11(15)13(10)17)12(16)8-4-2-1-3-5-8;/h6-8,12,17H,1-5,16H2;1H/t12-;/m0./s1. The van der Waals surface area contributed by atoms with Crippen LogP contribution in [0.25, 0.3) is 0 Å². The Morgan fingerprint density at radius 1 is 1.11 bits per heavy atom. The van der Waals surface area contributed by atoms with E-state index in [-0.39, 0.29) is 18.4 Å². The molecule has 0 aromatic heterocycles. The summed E-state index contributed by atoms with van der Waals surface area (Å²) in [6, 6.07) is 4.17. The molecule has 0 spiro atoms. The molecular weight excluding hydrogens is 475 g/mol. The quantitative estimate of drug-likeness (QED) is 0.592. The highest BCUT2D eigenvalue weighted by molar-refractivity contribution is 14.1. The number of rotatable bonds is 2. The second-order valence-electron chi connectivity index (χ2n) is 4.76. The molecule has 1 aromatic rings. The summed E-state index contributed by atoms with van der Waals surface area (Å²) in [5.41, 5.74) is 7.54. The van der Waals surface area contributed by atoms with E-state index in [0.717, 1.165) is 7.14 Å². The smallest absolute Gasteiger partial charge is 0.142 e. The third-order valence-electron chi connectivity index (χ3n) is 3.58. The van der Waals surface area contributed by atoms with Gasteiger partial charge in [0.1, 0.15) is 5.75 Å². The van der Waals surface area contributed by atoms with Crippen LogP contribution in [0.1, 0.15) is 43.7 Å². The van der Waals surface area contributed by atoms with Crippen molar-refractivity contribution in [1.29, 1.82) is 0 Å². The third-order valence-corrected chi connectivity index (χ3v) is 5.23. The van der Waals surface area contributed by atoms with Crippen molar-refractivity contribution in [2.24, 2.45) is 11.7 Å². The Labute approximate surface area is 142 Å². The summed E-state index contributed by atoms with van der Waals surface area (Å²) < 4.78 is 1.80. The van der Waals surface area contributed by atoms with Crippen molar-refractivity contribution in [2.45, 2.75) is 38.1 Å². The first-order valence-corrected chi connectivity index (χ1v) is 8.19. The van der Waals surface area contributed by atoms with Crippen LogP contribution in [0, 0.1) is 13.1 Å². The molecule has 0 heterocycles. The van der Waals surface area contributed by atoms with Gasteiger partial charge in [0.2, 0.25) is 0 Å². The average molecular weight is 494 g/mol. The number of phenolic OH excluding ortho intramolecular Hbond substituents is 1. The molecule has 2 nitrogen and oxygen atoms in total. The van der Waals surface area contributed by atoms with Crippen molar-refractivity contribution < 1.29 is 5.11 Å². The molecular formula is C13H18ClI2NO. The lowest BCUT2D eigenvalue weighted by Crippen LogP contribution is -2.23. The number of aromatic hydroxyl groups is 1. The van der Waals surface area contributed by atoms with E-state index in [4.69, 9.17) is 5.73 Å². The summed E-state index contributed by atoms with van der Waals surface area (Å²) in [5, 5.41) is 9.77. The van der Waals surface area contributed by atoms with Gasteiger partial charge in [-0.05, 0) is 81.6 Å². The third kappa shape index (κ3) is 3.86. The summed E-state index contributed by atoms with van der Waals surface area (Å²) in [4.78, 5) is 0. The number of benzene rings is 1. The molecule has 0 saturated heterocycles. The second-order valence-corrected chi connectivity index (χ2v) is 7.08. The molecule has 1 aliphatic rings. The molecule has 18 heavy (non-hydrogen) atoms. The van der Waals surface area contributed by atoms with Gasteiger partial charge in [-0.15, -0.1) is 12.4 Å². The molecule has 0 bridgehead atoms. The van der Waals surface area contributed by atoms with Gasteiger partial charge >= 0.3 is 0 Å². The van der Waals surface area contributed by atoms with Crippen LogP contribution in [0.2, 0.25) is 0 Å². The van der Waals surface area contributed by atoms with Gasteiger partial charge in [0.15, 0.2) is 0 Å².